The highest BCUT2D eigenvalue weighted by atomic mass is 16.5. The largest absolute Gasteiger partial charge is 0.457 e. The van der Waals surface area contributed by atoms with E-state index in [2.05, 4.69) is 0 Å². The molecule has 94 valence electrons. The van der Waals surface area contributed by atoms with Crippen molar-refractivity contribution in [2.45, 2.75) is 20.4 Å². The Kier molecular flexibility index (Phi) is 3.46. The number of nitrogens with zero attached hydrogens (tertiary/aromatic N) is 1. The van der Waals surface area contributed by atoms with E-state index >= 15 is 0 Å². The monoisotopic (exact) mass is 245 g/mol. The lowest BCUT2D eigenvalue weighted by Gasteiger charge is -2.07. The lowest BCUT2D eigenvalue weighted by molar-refractivity contribution is -0.146. The van der Waals surface area contributed by atoms with Crippen LogP contribution in [0.1, 0.15) is 11.3 Å². The van der Waals surface area contributed by atoms with Crippen LogP contribution in [-0.2, 0) is 20.9 Å². The summed E-state index contributed by atoms with van der Waals surface area (Å²) in [6.45, 7) is 3.96. The van der Waals surface area contributed by atoms with Crippen LogP contribution in [0.3, 0.4) is 0 Å². The first-order valence-electron chi connectivity index (χ1n) is 5.79. The van der Waals surface area contributed by atoms with Crippen molar-refractivity contribution in [2.75, 3.05) is 6.61 Å². The summed E-state index contributed by atoms with van der Waals surface area (Å²) in [5, 5.41) is 1.14. The van der Waals surface area contributed by atoms with Crippen LogP contribution in [0.15, 0.2) is 24.3 Å². The summed E-state index contributed by atoms with van der Waals surface area (Å²) in [5.41, 5.74) is 3.21. The molecule has 0 radical (unpaired) electrons. The highest BCUT2D eigenvalue weighted by Gasteiger charge is 2.13. The molecule has 0 amide bonds. The van der Waals surface area contributed by atoms with E-state index in [4.69, 9.17) is 4.74 Å². The maximum atomic E-state index is 11.6. The van der Waals surface area contributed by atoms with Crippen LogP contribution >= 0.6 is 0 Å². The molecule has 1 heterocycles. The Hall–Kier alpha value is -2.10. The average Bonchev–Trinajstić information content (AvgIpc) is 2.62. The number of ether oxygens (including phenoxy) is 1. The summed E-state index contributed by atoms with van der Waals surface area (Å²) in [6.07, 6.45) is 0.573. The second-order valence-electron chi connectivity index (χ2n) is 4.16. The Morgan fingerprint density at radius 2 is 2.06 bits per heavy atom. The van der Waals surface area contributed by atoms with Crippen molar-refractivity contribution >= 4 is 23.2 Å². The van der Waals surface area contributed by atoms with Gasteiger partial charge in [0, 0.05) is 16.6 Å². The maximum absolute atomic E-state index is 11.6. The number of esters is 1. The minimum absolute atomic E-state index is 0.133. The fraction of sp³-hybridized carbons (Fsp3) is 0.286. The lowest BCUT2D eigenvalue weighted by Crippen LogP contribution is -2.15. The van der Waals surface area contributed by atoms with Crippen molar-refractivity contribution in [2.24, 2.45) is 0 Å². The molecule has 2 aromatic rings. The van der Waals surface area contributed by atoms with Gasteiger partial charge in [0.2, 0.25) is 0 Å². The molecule has 0 aliphatic heterocycles. The fourth-order valence-corrected chi connectivity index (χ4v) is 2.11. The number of hydrogen-bond donors (Lipinski definition) is 0. The summed E-state index contributed by atoms with van der Waals surface area (Å²) < 4.78 is 6.69. The fourth-order valence-electron chi connectivity index (χ4n) is 2.11. The van der Waals surface area contributed by atoms with Gasteiger partial charge in [-0.15, -0.1) is 0 Å². The number of aryl methyl sites for hydroxylation is 1. The molecule has 0 atom stereocenters. The van der Waals surface area contributed by atoms with Gasteiger partial charge in [-0.3, -0.25) is 9.59 Å². The number of aldehydes is 1. The molecule has 0 saturated carbocycles. The molecular weight excluding hydrogens is 230 g/mol. The highest BCUT2D eigenvalue weighted by Crippen LogP contribution is 2.24. The predicted molar refractivity (Wildman–Crippen MR) is 68.4 cm³/mol. The van der Waals surface area contributed by atoms with Gasteiger partial charge in [0.1, 0.15) is 13.2 Å². The van der Waals surface area contributed by atoms with E-state index in [1.807, 2.05) is 42.7 Å². The summed E-state index contributed by atoms with van der Waals surface area (Å²) in [5.74, 6) is -0.397. The van der Waals surface area contributed by atoms with Crippen LogP contribution in [0.2, 0.25) is 0 Å². The molecule has 18 heavy (non-hydrogen) atoms. The topological polar surface area (TPSA) is 48.3 Å². The molecule has 0 N–H and O–H groups in total. The first-order chi connectivity index (χ1) is 8.65. The van der Waals surface area contributed by atoms with E-state index in [-0.39, 0.29) is 13.2 Å². The first-order valence-corrected chi connectivity index (χ1v) is 5.79. The standard InChI is InChI=1S/C14H15NO3/c1-10-11(2)15(9-14(17)18-8-7-16)13-6-4-3-5-12(10)13/h3-7H,8-9H2,1-2H3. The number of fused-ring (bicyclic) bond motifs is 1. The zero-order chi connectivity index (χ0) is 13.1. The third-order valence-corrected chi connectivity index (χ3v) is 3.15. The van der Waals surface area contributed by atoms with E-state index in [1.54, 1.807) is 0 Å². The molecule has 4 heteroatoms. The highest BCUT2D eigenvalue weighted by molar-refractivity contribution is 5.86. The molecule has 0 spiro atoms. The second kappa shape index (κ2) is 5.04. The van der Waals surface area contributed by atoms with Crippen molar-refractivity contribution in [3.05, 3.63) is 35.5 Å². The molecule has 0 fully saturated rings. The molecule has 0 aliphatic rings. The maximum Gasteiger partial charge on any atom is 0.326 e. The number of carbonyl (C=O) groups excluding carboxylic acids is 2. The van der Waals surface area contributed by atoms with Gasteiger partial charge in [0.25, 0.3) is 0 Å². The number of para-hydroxylation sites is 1. The SMILES string of the molecule is Cc1c(C)n(CC(=O)OCC=O)c2ccccc12. The minimum Gasteiger partial charge on any atom is -0.457 e. The smallest absolute Gasteiger partial charge is 0.326 e. The van der Waals surface area contributed by atoms with Gasteiger partial charge in [0.15, 0.2) is 6.29 Å². The van der Waals surface area contributed by atoms with Crippen LogP contribution in [0.4, 0.5) is 0 Å². The van der Waals surface area contributed by atoms with Gasteiger partial charge >= 0.3 is 5.97 Å². The van der Waals surface area contributed by atoms with Gasteiger partial charge < -0.3 is 9.30 Å². The average molecular weight is 245 g/mol. The lowest BCUT2D eigenvalue weighted by atomic mass is 10.2. The Bertz CT molecular complexity index is 598. The van der Waals surface area contributed by atoms with Crippen molar-refractivity contribution in [3.8, 4) is 0 Å². The van der Waals surface area contributed by atoms with E-state index < -0.39 is 5.97 Å². The zero-order valence-corrected chi connectivity index (χ0v) is 10.5. The van der Waals surface area contributed by atoms with E-state index in [0.717, 1.165) is 22.2 Å². The van der Waals surface area contributed by atoms with Gasteiger partial charge in [-0.05, 0) is 25.5 Å². The van der Waals surface area contributed by atoms with Crippen molar-refractivity contribution in [3.63, 3.8) is 0 Å². The van der Waals surface area contributed by atoms with Crippen molar-refractivity contribution < 1.29 is 14.3 Å². The third kappa shape index (κ3) is 2.14. The molecule has 1 aromatic heterocycles. The van der Waals surface area contributed by atoms with Crippen LogP contribution in [0.5, 0.6) is 0 Å². The Labute approximate surface area is 105 Å². The van der Waals surface area contributed by atoms with E-state index in [0.29, 0.717) is 6.29 Å². The van der Waals surface area contributed by atoms with Gasteiger partial charge in [-0.2, -0.15) is 0 Å². The predicted octanol–water partition coefficient (Wildman–Crippen LogP) is 2.00. The Morgan fingerprint density at radius 3 is 2.78 bits per heavy atom. The second-order valence-corrected chi connectivity index (χ2v) is 4.16. The summed E-state index contributed by atoms with van der Waals surface area (Å²) >= 11 is 0. The third-order valence-electron chi connectivity index (χ3n) is 3.15. The van der Waals surface area contributed by atoms with Gasteiger partial charge in [0.05, 0.1) is 0 Å². The number of hydrogen-bond acceptors (Lipinski definition) is 3. The molecule has 1 aromatic carbocycles. The van der Waals surface area contributed by atoms with Crippen molar-refractivity contribution in [1.29, 1.82) is 0 Å². The minimum atomic E-state index is -0.397. The van der Waals surface area contributed by atoms with Gasteiger partial charge in [-0.1, -0.05) is 18.2 Å². The van der Waals surface area contributed by atoms with Crippen LogP contribution < -0.4 is 0 Å². The molecule has 0 aliphatic carbocycles. The number of benzene rings is 1. The van der Waals surface area contributed by atoms with Crippen LogP contribution in [-0.4, -0.2) is 23.4 Å². The molecule has 4 nitrogen and oxygen atoms in total. The summed E-state index contributed by atoms with van der Waals surface area (Å²) in [7, 11) is 0. The molecular formula is C14H15NO3. The quantitative estimate of drug-likeness (QED) is 0.611. The van der Waals surface area contributed by atoms with E-state index in [9.17, 15) is 9.59 Å². The summed E-state index contributed by atoms with van der Waals surface area (Å²) in [4.78, 5) is 21.7. The number of rotatable bonds is 4. The molecule has 0 unspecified atom stereocenters. The summed E-state index contributed by atoms with van der Waals surface area (Å²) in [6, 6.07) is 7.92. The van der Waals surface area contributed by atoms with Crippen LogP contribution in [0, 0.1) is 13.8 Å². The van der Waals surface area contributed by atoms with E-state index in [1.165, 1.54) is 0 Å². The van der Waals surface area contributed by atoms with Crippen molar-refractivity contribution in [1.82, 2.24) is 4.57 Å². The first kappa shape index (κ1) is 12.4. The Morgan fingerprint density at radius 1 is 1.33 bits per heavy atom. The van der Waals surface area contributed by atoms with Crippen LogP contribution in [0.25, 0.3) is 10.9 Å². The zero-order valence-electron chi connectivity index (χ0n) is 10.5. The van der Waals surface area contributed by atoms with Gasteiger partial charge in [-0.25, -0.2) is 0 Å². The number of aromatic nitrogens is 1. The normalized spacial score (nSPS) is 10.6. The molecule has 2 rings (SSSR count). The number of carbonyl (C=O) groups is 2. The molecule has 0 saturated heterocycles. The molecule has 0 bridgehead atoms. The Balaban J connectivity index is 2.36.